The van der Waals surface area contributed by atoms with E-state index in [1.165, 1.54) is 33.9 Å². The monoisotopic (exact) mass is 516 g/mol. The number of hydrogen-bond donors (Lipinski definition) is 0. The van der Waals surface area contributed by atoms with Gasteiger partial charge in [-0.15, -0.1) is 0 Å². The number of carbonyl (C=O) groups excluding carboxylic acids is 1. The fourth-order valence-corrected chi connectivity index (χ4v) is 4.56. The second-order valence-corrected chi connectivity index (χ2v) is 9.16. The number of ether oxygens (including phenoxy) is 5. The van der Waals surface area contributed by atoms with E-state index >= 15 is 0 Å². The molecule has 38 heavy (non-hydrogen) atoms. The molecule has 0 amide bonds. The van der Waals surface area contributed by atoms with E-state index in [2.05, 4.69) is 42.5 Å². The Kier molecular flexibility index (Phi) is 9.08. The third-order valence-corrected chi connectivity index (χ3v) is 6.68. The highest BCUT2D eigenvalue weighted by Crippen LogP contribution is 2.33. The first-order valence-electron chi connectivity index (χ1n) is 13.1. The largest absolute Gasteiger partial charge is 0.496 e. The van der Waals surface area contributed by atoms with Crippen LogP contribution in [0.2, 0.25) is 0 Å². The Bertz CT molecular complexity index is 1270. The predicted octanol–water partition coefficient (Wildman–Crippen LogP) is 5.94. The van der Waals surface area contributed by atoms with Crippen LogP contribution < -0.4 is 0 Å². The Morgan fingerprint density at radius 2 is 1.55 bits per heavy atom. The Morgan fingerprint density at radius 1 is 0.921 bits per heavy atom. The van der Waals surface area contributed by atoms with Crippen LogP contribution in [-0.4, -0.2) is 39.2 Å². The van der Waals surface area contributed by atoms with E-state index in [4.69, 9.17) is 23.7 Å². The van der Waals surface area contributed by atoms with Gasteiger partial charge in [0.1, 0.15) is 5.76 Å². The van der Waals surface area contributed by atoms with E-state index in [-0.39, 0.29) is 0 Å². The normalized spacial score (nSPS) is 18.9. The maximum atomic E-state index is 11.8. The Morgan fingerprint density at radius 3 is 2.11 bits per heavy atom. The molecule has 6 nitrogen and oxygen atoms in total. The summed E-state index contributed by atoms with van der Waals surface area (Å²) in [6.45, 7) is 4.58. The lowest BCUT2D eigenvalue weighted by Crippen LogP contribution is -2.38. The molecule has 4 bridgehead atoms. The van der Waals surface area contributed by atoms with Crippen molar-refractivity contribution in [3.8, 4) is 0 Å². The lowest BCUT2D eigenvalue weighted by molar-refractivity contribution is -0.200. The summed E-state index contributed by atoms with van der Waals surface area (Å²) in [5.74, 6) is -0.344. The zero-order chi connectivity index (χ0) is 27.0. The van der Waals surface area contributed by atoms with Crippen LogP contribution in [0, 0.1) is 0 Å². The first-order chi connectivity index (χ1) is 18.5. The minimum Gasteiger partial charge on any atom is -0.496 e. The molecule has 1 aliphatic heterocycles. The lowest BCUT2D eigenvalue weighted by atomic mass is 9.90. The van der Waals surface area contributed by atoms with Crippen molar-refractivity contribution >= 4 is 18.1 Å². The fourth-order valence-electron chi connectivity index (χ4n) is 4.56. The van der Waals surface area contributed by atoms with Crippen LogP contribution in [0.3, 0.4) is 0 Å². The molecule has 2 aromatic rings. The van der Waals surface area contributed by atoms with Gasteiger partial charge in [0.05, 0.1) is 32.5 Å². The number of benzene rings is 2. The number of methoxy groups -OCH3 is 2. The van der Waals surface area contributed by atoms with Crippen molar-refractivity contribution in [1.29, 1.82) is 0 Å². The van der Waals surface area contributed by atoms with Gasteiger partial charge in [-0.2, -0.15) is 0 Å². The Balaban J connectivity index is 1.56. The van der Waals surface area contributed by atoms with Gasteiger partial charge in [-0.3, -0.25) is 0 Å². The molecule has 200 valence electrons. The summed E-state index contributed by atoms with van der Waals surface area (Å²) in [4.78, 5) is 11.8. The molecule has 0 radical (unpaired) electrons. The molecule has 0 spiro atoms. The van der Waals surface area contributed by atoms with E-state index in [1.807, 2.05) is 31.2 Å². The summed E-state index contributed by atoms with van der Waals surface area (Å²) in [6.07, 6.45) is 14.7. The van der Waals surface area contributed by atoms with Crippen molar-refractivity contribution in [3.63, 3.8) is 0 Å². The Labute approximate surface area is 225 Å². The summed E-state index contributed by atoms with van der Waals surface area (Å²) in [7, 11) is 3.18. The predicted molar refractivity (Wildman–Crippen MR) is 148 cm³/mol. The zero-order valence-electron chi connectivity index (χ0n) is 22.6. The molecule has 5 aliphatic rings. The zero-order valence-corrected chi connectivity index (χ0v) is 22.6. The molecule has 0 saturated heterocycles. The van der Waals surface area contributed by atoms with Gasteiger partial charge in [0.25, 0.3) is 11.7 Å². The van der Waals surface area contributed by atoms with Crippen LogP contribution in [0.25, 0.3) is 12.2 Å². The molecule has 1 heterocycles. The van der Waals surface area contributed by atoms with Crippen molar-refractivity contribution < 1.29 is 28.5 Å². The number of allylic oxidation sites excluding steroid dienone is 1. The maximum absolute atomic E-state index is 11.8. The molecule has 0 saturated carbocycles. The summed E-state index contributed by atoms with van der Waals surface area (Å²) >= 11 is 0. The maximum Gasteiger partial charge on any atom is 0.334 e. The van der Waals surface area contributed by atoms with Gasteiger partial charge in [0, 0.05) is 7.11 Å². The number of aryl methyl sites for hydroxylation is 4. The third-order valence-electron chi connectivity index (χ3n) is 6.68. The summed E-state index contributed by atoms with van der Waals surface area (Å²) in [6, 6.07) is 13.4. The number of rotatable bonds is 10. The first kappa shape index (κ1) is 27.3. The van der Waals surface area contributed by atoms with Gasteiger partial charge in [0.15, 0.2) is 0 Å². The van der Waals surface area contributed by atoms with Crippen molar-refractivity contribution in [2.24, 2.45) is 0 Å². The van der Waals surface area contributed by atoms with Crippen LogP contribution in [0.5, 0.6) is 0 Å². The van der Waals surface area contributed by atoms with E-state index in [0.717, 1.165) is 31.2 Å². The van der Waals surface area contributed by atoms with Crippen molar-refractivity contribution in [2.45, 2.75) is 45.3 Å². The lowest BCUT2D eigenvalue weighted by Gasteiger charge is -2.35. The van der Waals surface area contributed by atoms with Gasteiger partial charge in [-0.25, -0.2) is 4.79 Å². The van der Waals surface area contributed by atoms with Crippen LogP contribution >= 0.6 is 0 Å². The molecule has 2 aromatic carbocycles. The molecule has 0 fully saturated rings. The van der Waals surface area contributed by atoms with E-state index in [0.29, 0.717) is 24.9 Å². The molecular formula is C32H36O6. The average Bonchev–Trinajstić information content (AvgIpc) is 2.89. The summed E-state index contributed by atoms with van der Waals surface area (Å²) < 4.78 is 27.1. The number of carbonyl (C=O) groups is 1. The van der Waals surface area contributed by atoms with E-state index < -0.39 is 11.8 Å². The standard InChI is InChI=1S/C32H36O6/c1-5-36-30(33)21-29(34-3)16-15-27-19-23-7-11-25(27)12-8-24-10-14-26(13-9-23)28(20-24)17-18-32(35-4)22-31(38-32)37-6-2/h7,10-11,14-22H,5-6,8-9,12-13H2,1-4H3/b16-15+,18-17+,29-21+. The topological polar surface area (TPSA) is 63.2 Å². The van der Waals surface area contributed by atoms with Gasteiger partial charge < -0.3 is 23.7 Å². The summed E-state index contributed by atoms with van der Waals surface area (Å²) in [5.41, 5.74) is 7.33. The van der Waals surface area contributed by atoms with Crippen molar-refractivity contribution in [2.75, 3.05) is 27.4 Å². The molecule has 0 aromatic heterocycles. The molecule has 1 unspecified atom stereocenters. The second kappa shape index (κ2) is 12.7. The molecular weight excluding hydrogens is 480 g/mol. The highest BCUT2D eigenvalue weighted by atomic mass is 16.8. The first-order valence-corrected chi connectivity index (χ1v) is 13.1. The second-order valence-electron chi connectivity index (χ2n) is 9.16. The van der Waals surface area contributed by atoms with Crippen LogP contribution in [0.15, 0.2) is 72.4 Å². The molecule has 0 N–H and O–H groups in total. The fraction of sp³-hybridized carbons (Fsp3) is 0.344. The number of hydrogen-bond acceptors (Lipinski definition) is 6. The average molecular weight is 517 g/mol. The van der Waals surface area contributed by atoms with Gasteiger partial charge in [-0.05, 0) is 85.1 Å². The highest BCUT2D eigenvalue weighted by molar-refractivity contribution is 5.83. The minimum atomic E-state index is -0.887. The van der Waals surface area contributed by atoms with Gasteiger partial charge in [0.2, 0.25) is 0 Å². The Hall–Kier alpha value is -3.77. The molecule has 1 atom stereocenters. The summed E-state index contributed by atoms with van der Waals surface area (Å²) in [5, 5.41) is 0. The molecule has 4 aliphatic carbocycles. The van der Waals surface area contributed by atoms with E-state index in [9.17, 15) is 4.79 Å². The highest BCUT2D eigenvalue weighted by Gasteiger charge is 2.38. The molecule has 7 rings (SSSR count). The van der Waals surface area contributed by atoms with Gasteiger partial charge in [-0.1, -0.05) is 48.6 Å². The number of esters is 1. The van der Waals surface area contributed by atoms with Crippen LogP contribution in [-0.2, 0) is 54.2 Å². The molecule has 6 heteroatoms. The van der Waals surface area contributed by atoms with Crippen molar-refractivity contribution in [3.05, 3.63) is 106 Å². The SMILES string of the molecule is CCOC(=O)/C=C(\C=C\c1cc2ccc1CCc1ccc(c(/C=C/C3(OC)C=C(OCC)O3)c1)CC2)OC. The smallest absolute Gasteiger partial charge is 0.334 e. The third kappa shape index (κ3) is 6.75. The van der Waals surface area contributed by atoms with Crippen LogP contribution in [0.1, 0.15) is 47.2 Å². The quantitative estimate of drug-likeness (QED) is 0.169. The van der Waals surface area contributed by atoms with E-state index in [1.54, 1.807) is 21.1 Å². The van der Waals surface area contributed by atoms with Gasteiger partial charge >= 0.3 is 5.97 Å². The van der Waals surface area contributed by atoms with Crippen molar-refractivity contribution in [1.82, 2.24) is 0 Å². The van der Waals surface area contributed by atoms with Crippen LogP contribution in [0.4, 0.5) is 0 Å². The minimum absolute atomic E-state index is 0.327.